The van der Waals surface area contributed by atoms with Crippen molar-refractivity contribution < 1.29 is 0 Å². The first-order valence-electron chi connectivity index (χ1n) is 5.91. The minimum atomic E-state index is -0.124. The molecule has 0 bridgehead atoms. The monoisotopic (exact) mass is 223 g/mol. The molecular weight excluding hydrogens is 202 g/mol. The second kappa shape index (κ2) is 6.43. The Morgan fingerprint density at radius 2 is 2.12 bits per heavy atom. The standard InChI is InChI=1S/C12H21N3O/c1-4-13-7-5-6-8-15-11(3)9-10(2)14-12(15)16/h9,13H,4-8H2,1-3H3. The van der Waals surface area contributed by atoms with Crippen LogP contribution in [0, 0.1) is 13.8 Å². The summed E-state index contributed by atoms with van der Waals surface area (Å²) in [6.45, 7) is 8.70. The molecule has 4 nitrogen and oxygen atoms in total. The third-order valence-electron chi connectivity index (χ3n) is 2.58. The van der Waals surface area contributed by atoms with Crippen molar-refractivity contribution in [1.82, 2.24) is 14.9 Å². The first kappa shape index (κ1) is 12.9. The van der Waals surface area contributed by atoms with Crippen molar-refractivity contribution >= 4 is 0 Å². The van der Waals surface area contributed by atoms with E-state index in [4.69, 9.17) is 0 Å². The summed E-state index contributed by atoms with van der Waals surface area (Å²) in [5.41, 5.74) is 1.67. The Morgan fingerprint density at radius 1 is 1.38 bits per heavy atom. The third kappa shape index (κ3) is 3.77. The van der Waals surface area contributed by atoms with Crippen molar-refractivity contribution in [3.63, 3.8) is 0 Å². The first-order chi connectivity index (χ1) is 7.65. The molecule has 1 aromatic rings. The lowest BCUT2D eigenvalue weighted by atomic mass is 10.3. The first-order valence-corrected chi connectivity index (χ1v) is 5.91. The van der Waals surface area contributed by atoms with Gasteiger partial charge in [0.2, 0.25) is 0 Å². The zero-order valence-electron chi connectivity index (χ0n) is 10.4. The number of hydrogen-bond acceptors (Lipinski definition) is 3. The van der Waals surface area contributed by atoms with Crippen LogP contribution in [0.3, 0.4) is 0 Å². The van der Waals surface area contributed by atoms with Gasteiger partial charge in [0.15, 0.2) is 0 Å². The number of unbranched alkanes of at least 4 members (excludes halogenated alkanes) is 1. The maximum atomic E-state index is 11.6. The topological polar surface area (TPSA) is 46.9 Å². The summed E-state index contributed by atoms with van der Waals surface area (Å²) in [5, 5.41) is 3.27. The van der Waals surface area contributed by atoms with Gasteiger partial charge in [-0.15, -0.1) is 0 Å². The normalized spacial score (nSPS) is 10.7. The van der Waals surface area contributed by atoms with Crippen LogP contribution >= 0.6 is 0 Å². The van der Waals surface area contributed by atoms with E-state index in [9.17, 15) is 4.79 Å². The fourth-order valence-electron chi connectivity index (χ4n) is 1.74. The molecular formula is C12H21N3O. The Hall–Kier alpha value is -1.16. The maximum absolute atomic E-state index is 11.6. The SMILES string of the molecule is CCNCCCCn1c(C)cc(C)nc1=O. The van der Waals surface area contributed by atoms with Gasteiger partial charge < -0.3 is 5.32 Å². The van der Waals surface area contributed by atoms with Crippen LogP contribution in [0.5, 0.6) is 0 Å². The van der Waals surface area contributed by atoms with Crippen LogP contribution in [0.4, 0.5) is 0 Å². The van der Waals surface area contributed by atoms with E-state index in [0.29, 0.717) is 0 Å². The highest BCUT2D eigenvalue weighted by Gasteiger charge is 2.01. The Kier molecular flexibility index (Phi) is 5.19. The highest BCUT2D eigenvalue weighted by molar-refractivity contribution is 5.06. The summed E-state index contributed by atoms with van der Waals surface area (Å²) in [6.07, 6.45) is 2.10. The van der Waals surface area contributed by atoms with E-state index in [1.54, 1.807) is 4.57 Å². The molecule has 4 heteroatoms. The van der Waals surface area contributed by atoms with Crippen molar-refractivity contribution in [2.45, 2.75) is 40.2 Å². The number of hydrogen-bond donors (Lipinski definition) is 1. The number of aryl methyl sites for hydroxylation is 2. The summed E-state index contributed by atoms with van der Waals surface area (Å²) in [7, 11) is 0. The Morgan fingerprint density at radius 3 is 2.75 bits per heavy atom. The Labute approximate surface area is 96.7 Å². The van der Waals surface area contributed by atoms with Crippen LogP contribution in [-0.2, 0) is 6.54 Å². The lowest BCUT2D eigenvalue weighted by molar-refractivity contribution is 0.548. The van der Waals surface area contributed by atoms with Gasteiger partial charge in [-0.05, 0) is 45.8 Å². The molecule has 0 aliphatic carbocycles. The van der Waals surface area contributed by atoms with Crippen LogP contribution < -0.4 is 11.0 Å². The van der Waals surface area contributed by atoms with Gasteiger partial charge >= 0.3 is 5.69 Å². The van der Waals surface area contributed by atoms with E-state index in [1.165, 1.54) is 0 Å². The molecule has 1 aromatic heterocycles. The molecule has 0 saturated heterocycles. The van der Waals surface area contributed by atoms with Gasteiger partial charge in [0.25, 0.3) is 0 Å². The van der Waals surface area contributed by atoms with Crippen LogP contribution in [0.2, 0.25) is 0 Å². The molecule has 90 valence electrons. The molecule has 0 unspecified atom stereocenters. The second-order valence-corrected chi connectivity index (χ2v) is 4.03. The van der Waals surface area contributed by atoms with E-state index in [2.05, 4.69) is 17.2 Å². The van der Waals surface area contributed by atoms with Crippen LogP contribution in [0.15, 0.2) is 10.9 Å². The molecule has 0 aliphatic heterocycles. The highest BCUT2D eigenvalue weighted by atomic mass is 16.1. The van der Waals surface area contributed by atoms with E-state index in [1.807, 2.05) is 19.9 Å². The van der Waals surface area contributed by atoms with Gasteiger partial charge in [0.05, 0.1) is 0 Å². The van der Waals surface area contributed by atoms with Gasteiger partial charge in [-0.3, -0.25) is 4.57 Å². The molecule has 16 heavy (non-hydrogen) atoms. The van der Waals surface area contributed by atoms with Crippen molar-refractivity contribution in [2.75, 3.05) is 13.1 Å². The predicted molar refractivity (Wildman–Crippen MR) is 65.7 cm³/mol. The van der Waals surface area contributed by atoms with Crippen molar-refractivity contribution in [2.24, 2.45) is 0 Å². The quantitative estimate of drug-likeness (QED) is 0.738. The molecule has 1 rings (SSSR count). The minimum absolute atomic E-state index is 0.124. The number of rotatable bonds is 6. The van der Waals surface area contributed by atoms with E-state index >= 15 is 0 Å². The van der Waals surface area contributed by atoms with Gasteiger partial charge in [0, 0.05) is 17.9 Å². The fourth-order valence-corrected chi connectivity index (χ4v) is 1.74. The molecule has 0 aliphatic rings. The van der Waals surface area contributed by atoms with Crippen LogP contribution in [0.25, 0.3) is 0 Å². The number of nitrogens with one attached hydrogen (secondary N) is 1. The molecule has 1 heterocycles. The van der Waals surface area contributed by atoms with Crippen molar-refractivity contribution in [3.05, 3.63) is 27.9 Å². The van der Waals surface area contributed by atoms with Crippen LogP contribution in [0.1, 0.15) is 31.2 Å². The van der Waals surface area contributed by atoms with Gasteiger partial charge in [-0.25, -0.2) is 4.79 Å². The third-order valence-corrected chi connectivity index (χ3v) is 2.58. The summed E-state index contributed by atoms with van der Waals surface area (Å²) < 4.78 is 1.75. The molecule has 0 saturated carbocycles. The summed E-state index contributed by atoms with van der Waals surface area (Å²) in [6, 6.07) is 1.95. The smallest absolute Gasteiger partial charge is 0.317 e. The summed E-state index contributed by atoms with van der Waals surface area (Å²) in [4.78, 5) is 15.6. The molecule has 1 N–H and O–H groups in total. The maximum Gasteiger partial charge on any atom is 0.347 e. The zero-order chi connectivity index (χ0) is 12.0. The summed E-state index contributed by atoms with van der Waals surface area (Å²) in [5.74, 6) is 0. The molecule has 0 fully saturated rings. The van der Waals surface area contributed by atoms with Gasteiger partial charge in [-0.1, -0.05) is 6.92 Å². The molecule has 0 radical (unpaired) electrons. The number of aromatic nitrogens is 2. The van der Waals surface area contributed by atoms with E-state index < -0.39 is 0 Å². The minimum Gasteiger partial charge on any atom is -0.317 e. The molecule has 0 atom stereocenters. The fraction of sp³-hybridized carbons (Fsp3) is 0.667. The van der Waals surface area contributed by atoms with Crippen molar-refractivity contribution in [1.29, 1.82) is 0 Å². The lowest BCUT2D eigenvalue weighted by Gasteiger charge is -2.09. The van der Waals surface area contributed by atoms with Crippen molar-refractivity contribution in [3.8, 4) is 0 Å². The van der Waals surface area contributed by atoms with Gasteiger partial charge in [0.1, 0.15) is 0 Å². The Balaban J connectivity index is 2.51. The average molecular weight is 223 g/mol. The van der Waals surface area contributed by atoms with Gasteiger partial charge in [-0.2, -0.15) is 4.98 Å². The average Bonchev–Trinajstić information content (AvgIpc) is 2.20. The van der Waals surface area contributed by atoms with E-state index in [-0.39, 0.29) is 5.69 Å². The largest absolute Gasteiger partial charge is 0.347 e. The van der Waals surface area contributed by atoms with Crippen LogP contribution in [-0.4, -0.2) is 22.6 Å². The number of nitrogens with zero attached hydrogens (tertiary/aromatic N) is 2. The summed E-state index contributed by atoms with van der Waals surface area (Å²) >= 11 is 0. The highest BCUT2D eigenvalue weighted by Crippen LogP contribution is 1.99. The molecule has 0 aromatic carbocycles. The predicted octanol–water partition coefficient (Wildman–Crippen LogP) is 1.25. The lowest BCUT2D eigenvalue weighted by Crippen LogP contribution is -2.26. The van der Waals surface area contributed by atoms with E-state index in [0.717, 1.165) is 43.9 Å². The Bertz CT molecular complexity index is 384. The second-order valence-electron chi connectivity index (χ2n) is 4.03. The zero-order valence-corrected chi connectivity index (χ0v) is 10.4. The molecule has 0 spiro atoms. The molecule has 0 amide bonds.